The lowest BCUT2D eigenvalue weighted by atomic mass is 10.2. The summed E-state index contributed by atoms with van der Waals surface area (Å²) < 4.78 is 11.8. The molecule has 0 aliphatic heterocycles. The number of benzene rings is 2. The molecule has 0 aromatic heterocycles. The van der Waals surface area contributed by atoms with Gasteiger partial charge in [0.05, 0.1) is 25.9 Å². The van der Waals surface area contributed by atoms with Gasteiger partial charge in [0.1, 0.15) is 6.10 Å². The van der Waals surface area contributed by atoms with E-state index in [0.29, 0.717) is 13.2 Å². The summed E-state index contributed by atoms with van der Waals surface area (Å²) in [5.41, 5.74) is 10.7. The van der Waals surface area contributed by atoms with Gasteiger partial charge >= 0.3 is 0 Å². The molecule has 2 atom stereocenters. The first-order valence-electron chi connectivity index (χ1n) is 7.78. The first-order chi connectivity index (χ1) is 11.8. The Balaban J connectivity index is 1.97. The third-order valence-electron chi connectivity index (χ3n) is 3.52. The predicted molar refractivity (Wildman–Crippen MR) is 94.2 cm³/mol. The van der Waals surface area contributed by atoms with E-state index in [2.05, 4.69) is 16.6 Å². The zero-order valence-corrected chi connectivity index (χ0v) is 13.5. The number of azide groups is 1. The normalized spacial score (nSPS) is 12.8. The van der Waals surface area contributed by atoms with Gasteiger partial charge in [-0.25, -0.2) is 0 Å². The van der Waals surface area contributed by atoms with Crippen LogP contribution < -0.4 is 0 Å². The van der Waals surface area contributed by atoms with Gasteiger partial charge in [-0.3, -0.25) is 0 Å². The number of ether oxygens (including phenoxy) is 2. The summed E-state index contributed by atoms with van der Waals surface area (Å²) in [5, 5.41) is 3.64. The van der Waals surface area contributed by atoms with Gasteiger partial charge in [-0.15, -0.1) is 6.58 Å². The van der Waals surface area contributed by atoms with Crippen LogP contribution in [0.4, 0.5) is 0 Å². The van der Waals surface area contributed by atoms with Crippen LogP contribution in [0.5, 0.6) is 0 Å². The van der Waals surface area contributed by atoms with E-state index in [0.717, 1.165) is 11.1 Å². The summed E-state index contributed by atoms with van der Waals surface area (Å²) in [6.45, 7) is 4.87. The van der Waals surface area contributed by atoms with Crippen molar-refractivity contribution in [2.75, 3.05) is 6.54 Å². The van der Waals surface area contributed by atoms with Crippen LogP contribution >= 0.6 is 0 Å². The second-order valence-electron chi connectivity index (χ2n) is 5.25. The molecule has 0 amide bonds. The van der Waals surface area contributed by atoms with Gasteiger partial charge in [0.15, 0.2) is 0 Å². The molecule has 0 saturated heterocycles. The zero-order chi connectivity index (χ0) is 17.0. The summed E-state index contributed by atoms with van der Waals surface area (Å²) in [7, 11) is 0. The van der Waals surface area contributed by atoms with Crippen molar-refractivity contribution < 1.29 is 9.47 Å². The molecule has 2 aromatic carbocycles. The minimum absolute atomic E-state index is 0.189. The molecule has 24 heavy (non-hydrogen) atoms. The van der Waals surface area contributed by atoms with Crippen LogP contribution in [0.2, 0.25) is 0 Å². The quantitative estimate of drug-likeness (QED) is 0.276. The Labute approximate surface area is 142 Å². The molecule has 0 unspecified atom stereocenters. The molecule has 0 heterocycles. The molecule has 0 bridgehead atoms. The monoisotopic (exact) mass is 323 g/mol. The molecule has 0 saturated carbocycles. The number of hydrogen-bond donors (Lipinski definition) is 0. The topological polar surface area (TPSA) is 67.2 Å². The van der Waals surface area contributed by atoms with E-state index in [9.17, 15) is 0 Å². The minimum atomic E-state index is -0.387. The molecular weight excluding hydrogens is 302 g/mol. The maximum atomic E-state index is 8.60. The van der Waals surface area contributed by atoms with Gasteiger partial charge in [-0.1, -0.05) is 71.9 Å². The number of nitrogens with zero attached hydrogens (tertiary/aromatic N) is 3. The van der Waals surface area contributed by atoms with Crippen LogP contribution in [0, 0.1) is 0 Å². The van der Waals surface area contributed by atoms with Crippen LogP contribution in [0.1, 0.15) is 11.1 Å². The van der Waals surface area contributed by atoms with E-state index in [1.807, 2.05) is 60.7 Å². The second-order valence-corrected chi connectivity index (χ2v) is 5.25. The fourth-order valence-electron chi connectivity index (χ4n) is 2.24. The smallest absolute Gasteiger partial charge is 0.102 e. The minimum Gasteiger partial charge on any atom is -0.370 e. The van der Waals surface area contributed by atoms with Crippen molar-refractivity contribution >= 4 is 0 Å². The van der Waals surface area contributed by atoms with Crippen molar-refractivity contribution in [3.63, 3.8) is 0 Å². The number of rotatable bonds is 10. The van der Waals surface area contributed by atoms with Gasteiger partial charge in [0.2, 0.25) is 0 Å². The molecule has 5 heteroatoms. The molecular formula is C19H21N3O2. The van der Waals surface area contributed by atoms with Crippen molar-refractivity contribution in [1.82, 2.24) is 0 Å². The molecule has 0 spiro atoms. The standard InChI is InChI=1S/C19H21N3O2/c1-2-18(23-14-16-9-5-3-6-10-16)19(13-21-22-20)24-15-17-11-7-4-8-12-17/h2-12,18-19H,1,13-15H2/t18-,19-/m1/s1. The fourth-order valence-corrected chi connectivity index (χ4v) is 2.24. The van der Waals surface area contributed by atoms with Crippen LogP contribution in [0.25, 0.3) is 10.4 Å². The third kappa shape index (κ3) is 5.89. The predicted octanol–water partition coefficient (Wildman–Crippen LogP) is 4.65. The Morgan fingerprint density at radius 3 is 2.00 bits per heavy atom. The Morgan fingerprint density at radius 1 is 0.958 bits per heavy atom. The lowest BCUT2D eigenvalue weighted by Gasteiger charge is -2.24. The van der Waals surface area contributed by atoms with Crippen LogP contribution in [-0.2, 0) is 22.7 Å². The van der Waals surface area contributed by atoms with Crippen molar-refractivity contribution in [3.05, 3.63) is 94.9 Å². The highest BCUT2D eigenvalue weighted by Gasteiger charge is 2.20. The van der Waals surface area contributed by atoms with Gasteiger partial charge < -0.3 is 9.47 Å². The maximum Gasteiger partial charge on any atom is 0.102 e. The molecule has 2 aromatic rings. The van der Waals surface area contributed by atoms with E-state index in [1.54, 1.807) is 6.08 Å². The average molecular weight is 323 g/mol. The highest BCUT2D eigenvalue weighted by atomic mass is 16.5. The molecule has 0 N–H and O–H groups in total. The van der Waals surface area contributed by atoms with E-state index in [1.165, 1.54) is 0 Å². The van der Waals surface area contributed by atoms with E-state index < -0.39 is 0 Å². The molecule has 0 radical (unpaired) electrons. The van der Waals surface area contributed by atoms with Crippen molar-refractivity contribution in [3.8, 4) is 0 Å². The Bertz CT molecular complexity index is 655. The Morgan fingerprint density at radius 2 is 1.50 bits per heavy atom. The number of hydrogen-bond acceptors (Lipinski definition) is 3. The van der Waals surface area contributed by atoms with Crippen LogP contribution in [0.15, 0.2) is 78.4 Å². The fraction of sp³-hybridized carbons (Fsp3) is 0.263. The van der Waals surface area contributed by atoms with Crippen molar-refractivity contribution in [1.29, 1.82) is 0 Å². The average Bonchev–Trinajstić information content (AvgIpc) is 2.65. The lowest BCUT2D eigenvalue weighted by Crippen LogP contribution is -2.32. The molecule has 5 nitrogen and oxygen atoms in total. The Kier molecular flexibility index (Phi) is 7.57. The first-order valence-corrected chi connectivity index (χ1v) is 7.78. The highest BCUT2D eigenvalue weighted by molar-refractivity contribution is 5.14. The summed E-state index contributed by atoms with van der Waals surface area (Å²) in [6.07, 6.45) is 0.938. The van der Waals surface area contributed by atoms with E-state index in [4.69, 9.17) is 15.0 Å². The summed E-state index contributed by atoms with van der Waals surface area (Å²) in [4.78, 5) is 2.82. The first kappa shape index (κ1) is 17.8. The van der Waals surface area contributed by atoms with Crippen LogP contribution in [0.3, 0.4) is 0 Å². The lowest BCUT2D eigenvalue weighted by molar-refractivity contribution is -0.0596. The summed E-state index contributed by atoms with van der Waals surface area (Å²) in [5.74, 6) is 0. The highest BCUT2D eigenvalue weighted by Crippen LogP contribution is 2.13. The maximum absolute atomic E-state index is 8.60. The molecule has 0 aliphatic carbocycles. The SMILES string of the molecule is C=C[C@@H](OCc1ccccc1)[C@@H](CN=[N+]=[N-])OCc1ccccc1. The third-order valence-corrected chi connectivity index (χ3v) is 3.52. The molecule has 0 fully saturated rings. The zero-order valence-electron chi connectivity index (χ0n) is 13.5. The van der Waals surface area contributed by atoms with Gasteiger partial charge in [0.25, 0.3) is 0 Å². The van der Waals surface area contributed by atoms with E-state index in [-0.39, 0.29) is 18.8 Å². The molecule has 2 rings (SSSR count). The van der Waals surface area contributed by atoms with Gasteiger partial charge in [0, 0.05) is 4.91 Å². The second kappa shape index (κ2) is 10.2. The van der Waals surface area contributed by atoms with Gasteiger partial charge in [-0.2, -0.15) is 0 Å². The molecule has 0 aliphatic rings. The van der Waals surface area contributed by atoms with Gasteiger partial charge in [-0.05, 0) is 16.7 Å². The van der Waals surface area contributed by atoms with Crippen molar-refractivity contribution in [2.24, 2.45) is 5.11 Å². The van der Waals surface area contributed by atoms with Crippen LogP contribution in [-0.4, -0.2) is 18.8 Å². The summed E-state index contributed by atoms with van der Waals surface area (Å²) in [6, 6.07) is 19.7. The summed E-state index contributed by atoms with van der Waals surface area (Å²) >= 11 is 0. The largest absolute Gasteiger partial charge is 0.370 e. The molecule has 124 valence electrons. The van der Waals surface area contributed by atoms with Crippen molar-refractivity contribution in [2.45, 2.75) is 25.4 Å². The van der Waals surface area contributed by atoms with E-state index >= 15 is 0 Å². The Hall–Kier alpha value is -2.59.